The third-order valence-electron chi connectivity index (χ3n) is 6.04. The van der Waals surface area contributed by atoms with E-state index in [0.29, 0.717) is 5.57 Å². The Morgan fingerprint density at radius 3 is 2.43 bits per heavy atom. The van der Waals surface area contributed by atoms with Crippen molar-refractivity contribution in [2.45, 2.75) is 47.1 Å². The van der Waals surface area contributed by atoms with E-state index in [2.05, 4.69) is 62.8 Å². The first-order chi connectivity index (χ1) is 14.2. The maximum absolute atomic E-state index is 13.1. The van der Waals surface area contributed by atoms with E-state index >= 15 is 0 Å². The number of hydrazone groups is 1. The molecule has 30 heavy (non-hydrogen) atoms. The van der Waals surface area contributed by atoms with Crippen LogP contribution < -0.4 is 9.91 Å². The highest BCUT2D eigenvalue weighted by molar-refractivity contribution is 6.32. The second-order valence-corrected chi connectivity index (χ2v) is 8.65. The molecule has 154 valence electrons. The van der Waals surface area contributed by atoms with Crippen LogP contribution in [-0.2, 0) is 4.79 Å². The zero-order chi connectivity index (χ0) is 21.6. The number of likely N-dealkylation sites (N-methyl/N-ethyl adjacent to an activating group) is 1. The summed E-state index contributed by atoms with van der Waals surface area (Å²) < 4.78 is 0. The van der Waals surface area contributed by atoms with E-state index in [-0.39, 0.29) is 11.4 Å². The van der Waals surface area contributed by atoms with Crippen molar-refractivity contribution in [2.75, 3.05) is 16.5 Å². The first-order valence-corrected chi connectivity index (χ1v) is 10.5. The summed E-state index contributed by atoms with van der Waals surface area (Å²) >= 11 is 0. The standard InChI is InChI=1S/C26H29N3O/c1-7-28-24-13-17(2)20(14-22(24)18(3)16-26(28,5)6)15-23-19(4)27-29(25(23)30)21-11-9-8-10-12-21/h8-16H,7H2,1-6H3/b23-15+. The van der Waals surface area contributed by atoms with Crippen molar-refractivity contribution < 1.29 is 4.79 Å². The van der Waals surface area contributed by atoms with Crippen LogP contribution in [0.3, 0.4) is 0 Å². The lowest BCUT2D eigenvalue weighted by Gasteiger charge is -2.43. The Bertz CT molecular complexity index is 1110. The van der Waals surface area contributed by atoms with E-state index in [1.54, 1.807) is 0 Å². The molecule has 0 spiro atoms. The monoisotopic (exact) mass is 399 g/mol. The lowest BCUT2D eigenvalue weighted by atomic mass is 9.86. The average Bonchev–Trinajstić information content (AvgIpc) is 2.97. The molecule has 2 aliphatic rings. The van der Waals surface area contributed by atoms with Gasteiger partial charge in [0, 0.05) is 17.8 Å². The predicted octanol–water partition coefficient (Wildman–Crippen LogP) is 5.82. The summed E-state index contributed by atoms with van der Waals surface area (Å²) in [5, 5.41) is 5.99. The lowest BCUT2D eigenvalue weighted by molar-refractivity contribution is -0.114. The highest BCUT2D eigenvalue weighted by Gasteiger charge is 2.32. The van der Waals surface area contributed by atoms with Crippen LogP contribution in [-0.4, -0.2) is 23.7 Å². The van der Waals surface area contributed by atoms with Crippen LogP contribution in [0.25, 0.3) is 11.6 Å². The van der Waals surface area contributed by atoms with E-state index < -0.39 is 0 Å². The third-order valence-corrected chi connectivity index (χ3v) is 6.04. The highest BCUT2D eigenvalue weighted by Crippen LogP contribution is 2.40. The quantitative estimate of drug-likeness (QED) is 0.610. The molecule has 0 bridgehead atoms. The van der Waals surface area contributed by atoms with Gasteiger partial charge in [0.15, 0.2) is 0 Å². The van der Waals surface area contributed by atoms with Gasteiger partial charge >= 0.3 is 0 Å². The molecule has 0 aromatic heterocycles. The Balaban J connectivity index is 1.76. The van der Waals surface area contributed by atoms with Gasteiger partial charge in [-0.3, -0.25) is 4.79 Å². The topological polar surface area (TPSA) is 35.9 Å². The van der Waals surface area contributed by atoms with Crippen molar-refractivity contribution in [1.29, 1.82) is 0 Å². The van der Waals surface area contributed by atoms with Gasteiger partial charge in [-0.05, 0) is 88.6 Å². The van der Waals surface area contributed by atoms with Crippen molar-refractivity contribution in [1.82, 2.24) is 0 Å². The fourth-order valence-corrected chi connectivity index (χ4v) is 4.56. The van der Waals surface area contributed by atoms with Crippen molar-refractivity contribution in [3.8, 4) is 0 Å². The van der Waals surface area contributed by atoms with Gasteiger partial charge in [0.2, 0.25) is 0 Å². The Labute approximate surface area is 179 Å². The molecule has 1 amide bonds. The van der Waals surface area contributed by atoms with Gasteiger partial charge in [-0.1, -0.05) is 24.3 Å². The number of carbonyl (C=O) groups is 1. The van der Waals surface area contributed by atoms with Crippen LogP contribution in [0.1, 0.15) is 51.3 Å². The van der Waals surface area contributed by atoms with Crippen molar-refractivity contribution in [2.24, 2.45) is 5.10 Å². The summed E-state index contributed by atoms with van der Waals surface area (Å²) in [6, 6.07) is 14.0. The Hall–Kier alpha value is -3.14. The number of para-hydroxylation sites is 1. The summed E-state index contributed by atoms with van der Waals surface area (Å²) in [6.07, 6.45) is 4.32. The molecule has 0 atom stereocenters. The summed E-state index contributed by atoms with van der Waals surface area (Å²) in [7, 11) is 0. The lowest BCUT2D eigenvalue weighted by Crippen LogP contribution is -2.44. The minimum Gasteiger partial charge on any atom is -0.363 e. The van der Waals surface area contributed by atoms with Gasteiger partial charge in [0.05, 0.1) is 22.5 Å². The van der Waals surface area contributed by atoms with E-state index in [9.17, 15) is 4.79 Å². The third kappa shape index (κ3) is 3.26. The van der Waals surface area contributed by atoms with E-state index in [0.717, 1.165) is 29.1 Å². The number of fused-ring (bicyclic) bond motifs is 1. The minimum absolute atomic E-state index is 0.0148. The number of carbonyl (C=O) groups excluding carboxylic acids is 1. The number of aryl methyl sites for hydroxylation is 1. The number of benzene rings is 2. The van der Waals surface area contributed by atoms with E-state index in [1.807, 2.05) is 43.3 Å². The SMILES string of the molecule is CCN1c2cc(C)c(/C=C3/C(=O)N(c4ccccc4)N=C3C)cc2C(C)=CC1(C)C. The number of hydrogen-bond donors (Lipinski definition) is 0. The molecular weight excluding hydrogens is 370 g/mol. The second-order valence-electron chi connectivity index (χ2n) is 8.65. The smallest absolute Gasteiger partial charge is 0.280 e. The van der Waals surface area contributed by atoms with Gasteiger partial charge in [-0.15, -0.1) is 0 Å². The largest absolute Gasteiger partial charge is 0.363 e. The number of anilines is 2. The molecule has 4 rings (SSSR count). The average molecular weight is 400 g/mol. The molecule has 0 saturated heterocycles. The summed E-state index contributed by atoms with van der Waals surface area (Å²) in [6.45, 7) is 13.8. The normalized spacial score (nSPS) is 19.1. The maximum atomic E-state index is 13.1. The molecular formula is C26H29N3O. The van der Waals surface area contributed by atoms with Gasteiger partial charge < -0.3 is 4.90 Å². The molecule has 0 unspecified atom stereocenters. The van der Waals surface area contributed by atoms with Crippen molar-refractivity contribution >= 4 is 34.6 Å². The molecule has 0 fully saturated rings. The predicted molar refractivity (Wildman–Crippen MR) is 127 cm³/mol. The molecule has 0 N–H and O–H groups in total. The van der Waals surface area contributed by atoms with Gasteiger partial charge in [0.1, 0.15) is 0 Å². The molecule has 2 heterocycles. The van der Waals surface area contributed by atoms with Crippen LogP contribution in [0.4, 0.5) is 11.4 Å². The van der Waals surface area contributed by atoms with Gasteiger partial charge in [0.25, 0.3) is 5.91 Å². The van der Waals surface area contributed by atoms with Crippen molar-refractivity contribution in [3.05, 3.63) is 70.8 Å². The summed E-state index contributed by atoms with van der Waals surface area (Å²) in [5.74, 6) is -0.0839. The number of allylic oxidation sites excluding steroid dienone is 1. The number of amides is 1. The molecule has 0 radical (unpaired) electrons. The van der Waals surface area contributed by atoms with Crippen LogP contribution in [0, 0.1) is 6.92 Å². The molecule has 4 nitrogen and oxygen atoms in total. The number of hydrogen-bond acceptors (Lipinski definition) is 3. The van der Waals surface area contributed by atoms with Crippen LogP contribution >= 0.6 is 0 Å². The molecule has 2 aromatic carbocycles. The van der Waals surface area contributed by atoms with E-state index in [4.69, 9.17) is 0 Å². The maximum Gasteiger partial charge on any atom is 0.280 e. The first kappa shape index (κ1) is 20.1. The van der Waals surface area contributed by atoms with Crippen LogP contribution in [0.2, 0.25) is 0 Å². The molecule has 0 saturated carbocycles. The van der Waals surface area contributed by atoms with Gasteiger partial charge in [-0.25, -0.2) is 0 Å². The molecule has 2 aromatic rings. The first-order valence-electron chi connectivity index (χ1n) is 10.5. The second kappa shape index (κ2) is 7.28. The Morgan fingerprint density at radius 1 is 1.07 bits per heavy atom. The van der Waals surface area contributed by atoms with Crippen LogP contribution in [0.15, 0.2) is 59.2 Å². The van der Waals surface area contributed by atoms with E-state index in [1.165, 1.54) is 21.8 Å². The molecule has 0 aliphatic carbocycles. The van der Waals surface area contributed by atoms with Crippen LogP contribution in [0.5, 0.6) is 0 Å². The fraction of sp³-hybridized carbons (Fsp3) is 0.308. The number of rotatable bonds is 3. The minimum atomic E-state index is -0.0839. The van der Waals surface area contributed by atoms with Crippen molar-refractivity contribution in [3.63, 3.8) is 0 Å². The molecule has 2 aliphatic heterocycles. The summed E-state index contributed by atoms with van der Waals surface area (Å²) in [4.78, 5) is 15.5. The summed E-state index contributed by atoms with van der Waals surface area (Å²) in [5.41, 5.74) is 8.13. The number of nitrogens with zero attached hydrogens (tertiary/aromatic N) is 3. The molecule has 4 heteroatoms. The Kier molecular flexibility index (Phi) is 4.89. The Morgan fingerprint density at radius 2 is 1.77 bits per heavy atom. The zero-order valence-corrected chi connectivity index (χ0v) is 18.7. The highest BCUT2D eigenvalue weighted by atomic mass is 16.2. The zero-order valence-electron chi connectivity index (χ0n) is 18.7. The van der Waals surface area contributed by atoms with Gasteiger partial charge in [-0.2, -0.15) is 10.1 Å². The fourth-order valence-electron chi connectivity index (χ4n) is 4.56.